The fourth-order valence-electron chi connectivity index (χ4n) is 1.55. The van der Waals surface area contributed by atoms with E-state index in [1.54, 1.807) is 6.07 Å². The fraction of sp³-hybridized carbons (Fsp3) is 0.300. The van der Waals surface area contributed by atoms with Crippen LogP contribution in [0.1, 0.15) is 11.6 Å². The maximum Gasteiger partial charge on any atom is 0.417 e. The normalized spacial score (nSPS) is 13.2. The molecule has 0 spiro atoms. The van der Waals surface area contributed by atoms with Crippen molar-refractivity contribution in [2.75, 3.05) is 12.8 Å². The summed E-state index contributed by atoms with van der Waals surface area (Å²) in [5.41, 5.74) is 2.38. The van der Waals surface area contributed by atoms with Gasteiger partial charge in [0, 0.05) is 11.8 Å². The van der Waals surface area contributed by atoms with Crippen molar-refractivity contribution in [2.24, 2.45) is 0 Å². The standard InChI is InChI=1S/C10H12N2O2S/c1-11-8(5-15)6-2-3-9-7(4-6)12-10(13)14-9/h2-4,8,11,15H,5H2,1H3,(H,12,13). The number of thiol groups is 1. The van der Waals surface area contributed by atoms with E-state index in [0.717, 1.165) is 11.1 Å². The van der Waals surface area contributed by atoms with Gasteiger partial charge in [-0.2, -0.15) is 12.6 Å². The molecule has 15 heavy (non-hydrogen) atoms. The highest BCUT2D eigenvalue weighted by atomic mass is 32.1. The average molecular weight is 224 g/mol. The average Bonchev–Trinajstić information content (AvgIpc) is 2.59. The first-order valence-electron chi connectivity index (χ1n) is 4.65. The van der Waals surface area contributed by atoms with Crippen LogP contribution in [0.3, 0.4) is 0 Å². The summed E-state index contributed by atoms with van der Waals surface area (Å²) in [7, 11) is 1.88. The van der Waals surface area contributed by atoms with Crippen LogP contribution in [-0.4, -0.2) is 17.8 Å². The van der Waals surface area contributed by atoms with Crippen molar-refractivity contribution in [3.8, 4) is 0 Å². The lowest BCUT2D eigenvalue weighted by Gasteiger charge is -2.13. The van der Waals surface area contributed by atoms with E-state index in [1.165, 1.54) is 0 Å². The minimum Gasteiger partial charge on any atom is -0.408 e. The largest absolute Gasteiger partial charge is 0.417 e. The number of fused-ring (bicyclic) bond motifs is 1. The number of oxazole rings is 1. The Labute approximate surface area is 92.1 Å². The number of benzene rings is 1. The smallest absolute Gasteiger partial charge is 0.408 e. The molecule has 0 aliphatic rings. The molecule has 2 aromatic rings. The summed E-state index contributed by atoms with van der Waals surface area (Å²) in [4.78, 5) is 13.6. The van der Waals surface area contributed by atoms with Crippen molar-refractivity contribution in [3.05, 3.63) is 34.3 Å². The van der Waals surface area contributed by atoms with Crippen LogP contribution >= 0.6 is 12.6 Å². The Morgan fingerprint density at radius 3 is 3.07 bits per heavy atom. The second kappa shape index (κ2) is 4.12. The van der Waals surface area contributed by atoms with Crippen LogP contribution < -0.4 is 11.1 Å². The van der Waals surface area contributed by atoms with Crippen LogP contribution in [-0.2, 0) is 0 Å². The monoisotopic (exact) mass is 224 g/mol. The molecular weight excluding hydrogens is 212 g/mol. The predicted molar refractivity (Wildman–Crippen MR) is 62.5 cm³/mol. The molecule has 0 fully saturated rings. The number of aromatic amines is 1. The molecular formula is C10H12N2O2S. The molecule has 0 aliphatic carbocycles. The van der Waals surface area contributed by atoms with Crippen molar-refractivity contribution in [2.45, 2.75) is 6.04 Å². The highest BCUT2D eigenvalue weighted by Crippen LogP contribution is 2.18. The first-order chi connectivity index (χ1) is 7.24. The molecule has 0 radical (unpaired) electrons. The Bertz CT molecular complexity index is 513. The number of rotatable bonds is 3. The zero-order valence-corrected chi connectivity index (χ0v) is 9.17. The topological polar surface area (TPSA) is 58.0 Å². The van der Waals surface area contributed by atoms with E-state index in [-0.39, 0.29) is 6.04 Å². The van der Waals surface area contributed by atoms with Crippen molar-refractivity contribution < 1.29 is 4.42 Å². The van der Waals surface area contributed by atoms with Crippen LogP contribution in [0.2, 0.25) is 0 Å². The van der Waals surface area contributed by atoms with Gasteiger partial charge < -0.3 is 9.73 Å². The van der Waals surface area contributed by atoms with E-state index in [2.05, 4.69) is 22.9 Å². The van der Waals surface area contributed by atoms with Crippen molar-refractivity contribution >= 4 is 23.7 Å². The van der Waals surface area contributed by atoms with Gasteiger partial charge in [0.05, 0.1) is 5.52 Å². The van der Waals surface area contributed by atoms with E-state index in [0.29, 0.717) is 11.3 Å². The summed E-state index contributed by atoms with van der Waals surface area (Å²) < 4.78 is 4.92. The molecule has 2 N–H and O–H groups in total. The van der Waals surface area contributed by atoms with Gasteiger partial charge in [-0.15, -0.1) is 0 Å². The number of hydrogen-bond donors (Lipinski definition) is 3. The maximum atomic E-state index is 11.0. The predicted octanol–water partition coefficient (Wildman–Crippen LogP) is 1.31. The van der Waals surface area contributed by atoms with E-state index in [4.69, 9.17) is 4.42 Å². The van der Waals surface area contributed by atoms with Crippen LogP contribution in [0.4, 0.5) is 0 Å². The van der Waals surface area contributed by atoms with Crippen LogP contribution in [0.15, 0.2) is 27.4 Å². The third-order valence-electron chi connectivity index (χ3n) is 2.38. The first kappa shape index (κ1) is 10.3. The van der Waals surface area contributed by atoms with Crippen molar-refractivity contribution in [3.63, 3.8) is 0 Å². The van der Waals surface area contributed by atoms with Crippen molar-refractivity contribution in [1.29, 1.82) is 0 Å². The van der Waals surface area contributed by atoms with Gasteiger partial charge in [0.2, 0.25) is 0 Å². The van der Waals surface area contributed by atoms with E-state index >= 15 is 0 Å². The molecule has 0 saturated carbocycles. The Morgan fingerprint density at radius 1 is 1.60 bits per heavy atom. The van der Waals surface area contributed by atoms with Gasteiger partial charge in [-0.1, -0.05) is 6.07 Å². The molecule has 1 aromatic heterocycles. The molecule has 1 atom stereocenters. The van der Waals surface area contributed by atoms with Gasteiger partial charge in [0.25, 0.3) is 0 Å². The highest BCUT2D eigenvalue weighted by Gasteiger charge is 2.09. The van der Waals surface area contributed by atoms with Gasteiger partial charge in [-0.25, -0.2) is 4.79 Å². The molecule has 0 amide bonds. The highest BCUT2D eigenvalue weighted by molar-refractivity contribution is 7.80. The van der Waals surface area contributed by atoms with Gasteiger partial charge in [0.1, 0.15) is 0 Å². The Kier molecular flexibility index (Phi) is 2.83. The van der Waals surface area contributed by atoms with Gasteiger partial charge in [-0.05, 0) is 24.7 Å². The molecule has 2 rings (SSSR count). The second-order valence-corrected chi connectivity index (χ2v) is 3.66. The minimum atomic E-state index is -0.422. The summed E-state index contributed by atoms with van der Waals surface area (Å²) in [6.45, 7) is 0. The summed E-state index contributed by atoms with van der Waals surface area (Å²) in [6.07, 6.45) is 0. The Morgan fingerprint density at radius 2 is 2.40 bits per heavy atom. The molecule has 5 heteroatoms. The molecule has 0 aliphatic heterocycles. The number of aromatic nitrogens is 1. The Balaban J connectivity index is 2.49. The van der Waals surface area contributed by atoms with Crippen molar-refractivity contribution in [1.82, 2.24) is 10.3 Å². The fourth-order valence-corrected chi connectivity index (χ4v) is 1.94. The quantitative estimate of drug-likeness (QED) is 0.689. The van der Waals surface area contributed by atoms with Gasteiger partial charge >= 0.3 is 5.76 Å². The van der Waals surface area contributed by atoms with E-state index in [9.17, 15) is 4.79 Å². The lowest BCUT2D eigenvalue weighted by atomic mass is 10.1. The second-order valence-electron chi connectivity index (χ2n) is 3.29. The molecule has 0 bridgehead atoms. The molecule has 0 saturated heterocycles. The number of H-pyrrole nitrogens is 1. The van der Waals surface area contributed by atoms with Crippen LogP contribution in [0, 0.1) is 0 Å². The zero-order chi connectivity index (χ0) is 10.8. The summed E-state index contributed by atoms with van der Waals surface area (Å²) in [5, 5.41) is 3.14. The molecule has 80 valence electrons. The first-order valence-corrected chi connectivity index (χ1v) is 5.28. The van der Waals surface area contributed by atoms with Crippen LogP contribution in [0.5, 0.6) is 0 Å². The zero-order valence-electron chi connectivity index (χ0n) is 8.28. The number of hydrogen-bond acceptors (Lipinski definition) is 4. The maximum absolute atomic E-state index is 11.0. The van der Waals surface area contributed by atoms with Crippen LogP contribution in [0.25, 0.3) is 11.1 Å². The SMILES string of the molecule is CNC(CS)c1ccc2oc(=O)[nH]c2c1. The van der Waals surface area contributed by atoms with E-state index < -0.39 is 5.76 Å². The van der Waals surface area contributed by atoms with E-state index in [1.807, 2.05) is 19.2 Å². The Hall–Kier alpha value is -1.20. The third kappa shape index (κ3) is 1.93. The number of nitrogens with one attached hydrogen (secondary N) is 2. The minimum absolute atomic E-state index is 0.177. The van der Waals surface area contributed by atoms with Gasteiger partial charge in [-0.3, -0.25) is 4.98 Å². The molecule has 1 unspecified atom stereocenters. The lowest BCUT2D eigenvalue weighted by Crippen LogP contribution is -2.17. The third-order valence-corrected chi connectivity index (χ3v) is 2.74. The molecule has 1 heterocycles. The van der Waals surface area contributed by atoms with Gasteiger partial charge in [0.15, 0.2) is 5.58 Å². The lowest BCUT2D eigenvalue weighted by molar-refractivity contribution is 0.555. The summed E-state index contributed by atoms with van der Waals surface area (Å²) in [5.74, 6) is 0.276. The molecule has 1 aromatic carbocycles. The summed E-state index contributed by atoms with van der Waals surface area (Å²) >= 11 is 4.25. The molecule has 4 nitrogen and oxygen atoms in total. The summed E-state index contributed by atoms with van der Waals surface area (Å²) in [6, 6.07) is 5.79.